The molecule has 1 amide bonds. The Labute approximate surface area is 106 Å². The maximum atomic E-state index is 11.8. The first-order chi connectivity index (χ1) is 8.24. The fraction of sp³-hybridized carbons (Fsp3) is 0.818. The smallest absolute Gasteiger partial charge is 0.315 e. The number of hydrogen-bond donors (Lipinski definition) is 1. The van der Waals surface area contributed by atoms with E-state index in [-0.39, 0.29) is 17.6 Å². The lowest BCUT2D eigenvalue weighted by molar-refractivity contribution is -0.139. The highest BCUT2D eigenvalue weighted by atomic mass is 32.2. The fourth-order valence-corrected chi connectivity index (χ4v) is 2.32. The highest BCUT2D eigenvalue weighted by molar-refractivity contribution is 8.00. The van der Waals surface area contributed by atoms with Crippen LogP contribution < -0.4 is 5.32 Å². The lowest BCUT2D eigenvalue weighted by atomic mass is 10.4. The van der Waals surface area contributed by atoms with Gasteiger partial charge in [-0.1, -0.05) is 0 Å². The molecule has 0 spiro atoms. The third-order valence-electron chi connectivity index (χ3n) is 2.44. The van der Waals surface area contributed by atoms with Crippen molar-refractivity contribution in [3.05, 3.63) is 0 Å². The Morgan fingerprint density at radius 1 is 1.29 bits per heavy atom. The van der Waals surface area contributed by atoms with Gasteiger partial charge in [-0.15, -0.1) is 11.8 Å². The molecule has 0 bridgehead atoms. The molecule has 1 rings (SSSR count). The first kappa shape index (κ1) is 14.3. The number of amides is 1. The minimum absolute atomic E-state index is 0.114. The molecule has 0 radical (unpaired) electrons. The van der Waals surface area contributed by atoms with Crippen LogP contribution in [0.1, 0.15) is 13.3 Å². The number of thioether (sulfide) groups is 1. The quantitative estimate of drug-likeness (QED) is 0.711. The topological polar surface area (TPSA) is 58.6 Å². The molecule has 0 unspecified atom stereocenters. The van der Waals surface area contributed by atoms with E-state index >= 15 is 0 Å². The highest BCUT2D eigenvalue weighted by Gasteiger charge is 2.15. The zero-order valence-corrected chi connectivity index (χ0v) is 11.1. The first-order valence-corrected chi connectivity index (χ1v) is 7.11. The molecule has 0 saturated carbocycles. The van der Waals surface area contributed by atoms with Crippen molar-refractivity contribution in [2.75, 3.05) is 44.3 Å². The van der Waals surface area contributed by atoms with Gasteiger partial charge in [-0.05, 0) is 19.9 Å². The molecule has 1 aliphatic rings. The summed E-state index contributed by atoms with van der Waals surface area (Å²) in [7, 11) is 0. The van der Waals surface area contributed by atoms with Gasteiger partial charge in [0.1, 0.15) is 0 Å². The molecule has 1 aliphatic heterocycles. The van der Waals surface area contributed by atoms with Gasteiger partial charge in [0.05, 0.1) is 18.1 Å². The highest BCUT2D eigenvalue weighted by Crippen LogP contribution is 2.05. The van der Waals surface area contributed by atoms with E-state index in [9.17, 15) is 9.59 Å². The maximum Gasteiger partial charge on any atom is 0.315 e. The van der Waals surface area contributed by atoms with Crippen LogP contribution >= 0.6 is 11.8 Å². The Balaban J connectivity index is 2.17. The third kappa shape index (κ3) is 5.93. The van der Waals surface area contributed by atoms with Gasteiger partial charge in [0.25, 0.3) is 0 Å². The van der Waals surface area contributed by atoms with Crippen LogP contribution in [0.5, 0.6) is 0 Å². The number of nitrogens with zero attached hydrogens (tertiary/aromatic N) is 1. The lowest BCUT2D eigenvalue weighted by Gasteiger charge is -2.19. The van der Waals surface area contributed by atoms with Crippen LogP contribution in [0.2, 0.25) is 0 Å². The second kappa shape index (κ2) is 8.36. The van der Waals surface area contributed by atoms with Crippen LogP contribution in [0.4, 0.5) is 0 Å². The number of carbonyl (C=O) groups excluding carboxylic acids is 2. The Morgan fingerprint density at radius 3 is 2.88 bits per heavy atom. The Bertz CT molecular complexity index is 253. The van der Waals surface area contributed by atoms with Gasteiger partial charge in [-0.2, -0.15) is 0 Å². The average Bonchev–Trinajstić information content (AvgIpc) is 2.57. The van der Waals surface area contributed by atoms with Gasteiger partial charge >= 0.3 is 5.97 Å². The van der Waals surface area contributed by atoms with E-state index in [4.69, 9.17) is 4.74 Å². The Hall–Kier alpha value is -0.750. The van der Waals surface area contributed by atoms with Crippen molar-refractivity contribution in [2.24, 2.45) is 0 Å². The predicted molar refractivity (Wildman–Crippen MR) is 68.0 cm³/mol. The summed E-state index contributed by atoms with van der Waals surface area (Å²) in [5.41, 5.74) is 0. The SMILES string of the molecule is CCOC(=O)CSCC(=O)N1CCCNCC1. The monoisotopic (exact) mass is 260 g/mol. The molecule has 5 nitrogen and oxygen atoms in total. The van der Waals surface area contributed by atoms with E-state index in [1.165, 1.54) is 11.8 Å². The van der Waals surface area contributed by atoms with Crippen molar-refractivity contribution in [1.82, 2.24) is 10.2 Å². The van der Waals surface area contributed by atoms with Crippen molar-refractivity contribution in [3.8, 4) is 0 Å². The molecule has 6 heteroatoms. The number of carbonyl (C=O) groups is 2. The largest absolute Gasteiger partial charge is 0.465 e. The number of rotatable bonds is 5. The van der Waals surface area contributed by atoms with Crippen LogP contribution in [0.3, 0.4) is 0 Å². The van der Waals surface area contributed by atoms with Crippen LogP contribution in [0.15, 0.2) is 0 Å². The van der Waals surface area contributed by atoms with Gasteiger partial charge in [-0.25, -0.2) is 0 Å². The van der Waals surface area contributed by atoms with Crippen LogP contribution in [-0.2, 0) is 14.3 Å². The van der Waals surface area contributed by atoms with Gasteiger partial charge in [0.15, 0.2) is 0 Å². The molecule has 98 valence electrons. The Kier molecular flexibility index (Phi) is 7.04. The molecular formula is C11H20N2O3S. The predicted octanol–water partition coefficient (Wildman–Crippen LogP) is 0.105. The standard InChI is InChI=1S/C11H20N2O3S/c1-2-16-11(15)9-17-8-10(14)13-6-3-4-12-5-7-13/h12H,2-9H2,1H3. The van der Waals surface area contributed by atoms with Crippen molar-refractivity contribution in [2.45, 2.75) is 13.3 Å². The minimum Gasteiger partial charge on any atom is -0.465 e. The lowest BCUT2D eigenvalue weighted by Crippen LogP contribution is -2.35. The third-order valence-corrected chi connectivity index (χ3v) is 3.33. The second-order valence-electron chi connectivity index (χ2n) is 3.78. The van der Waals surface area contributed by atoms with Gasteiger partial charge in [-0.3, -0.25) is 9.59 Å². The molecule has 1 fully saturated rings. The number of ether oxygens (including phenoxy) is 1. The zero-order valence-electron chi connectivity index (χ0n) is 10.2. The van der Waals surface area contributed by atoms with E-state index in [0.29, 0.717) is 12.4 Å². The first-order valence-electron chi connectivity index (χ1n) is 5.96. The van der Waals surface area contributed by atoms with E-state index in [0.717, 1.165) is 32.6 Å². The van der Waals surface area contributed by atoms with Gasteiger partial charge < -0.3 is 15.0 Å². The van der Waals surface area contributed by atoms with Crippen LogP contribution in [0.25, 0.3) is 0 Å². The summed E-state index contributed by atoms with van der Waals surface area (Å²) in [4.78, 5) is 24.8. The van der Waals surface area contributed by atoms with Crippen molar-refractivity contribution in [3.63, 3.8) is 0 Å². The second-order valence-corrected chi connectivity index (χ2v) is 4.77. The molecule has 0 aromatic carbocycles. The van der Waals surface area contributed by atoms with E-state index in [1.807, 2.05) is 4.90 Å². The van der Waals surface area contributed by atoms with E-state index < -0.39 is 0 Å². The molecular weight excluding hydrogens is 240 g/mol. The summed E-state index contributed by atoms with van der Waals surface area (Å²) in [6.07, 6.45) is 0.994. The molecule has 0 aromatic rings. The minimum atomic E-state index is -0.247. The molecule has 0 aliphatic carbocycles. The number of hydrogen-bond acceptors (Lipinski definition) is 5. The van der Waals surface area contributed by atoms with Crippen LogP contribution in [-0.4, -0.2) is 61.1 Å². The molecule has 1 heterocycles. The van der Waals surface area contributed by atoms with E-state index in [1.54, 1.807) is 6.92 Å². The summed E-state index contributed by atoms with van der Waals surface area (Å²) in [5.74, 6) is 0.482. The molecule has 1 saturated heterocycles. The average molecular weight is 260 g/mol. The van der Waals surface area contributed by atoms with Crippen molar-refractivity contribution >= 4 is 23.6 Å². The van der Waals surface area contributed by atoms with Crippen molar-refractivity contribution in [1.29, 1.82) is 0 Å². The zero-order chi connectivity index (χ0) is 12.5. The summed E-state index contributed by atoms with van der Waals surface area (Å²) >= 11 is 1.32. The molecule has 0 aromatic heterocycles. The number of esters is 1. The molecule has 1 N–H and O–H groups in total. The normalized spacial score (nSPS) is 16.4. The Morgan fingerprint density at radius 2 is 2.12 bits per heavy atom. The van der Waals surface area contributed by atoms with E-state index in [2.05, 4.69) is 5.32 Å². The summed E-state index contributed by atoms with van der Waals surface area (Å²) in [5, 5.41) is 3.25. The van der Waals surface area contributed by atoms with Crippen molar-refractivity contribution < 1.29 is 14.3 Å². The maximum absolute atomic E-state index is 11.8. The van der Waals surface area contributed by atoms with Gasteiger partial charge in [0.2, 0.25) is 5.91 Å². The number of nitrogens with one attached hydrogen (secondary N) is 1. The summed E-state index contributed by atoms with van der Waals surface area (Å²) < 4.78 is 4.79. The van der Waals surface area contributed by atoms with Crippen LogP contribution in [0, 0.1) is 0 Å². The molecule has 17 heavy (non-hydrogen) atoms. The van der Waals surface area contributed by atoms with Gasteiger partial charge in [0, 0.05) is 19.6 Å². The summed E-state index contributed by atoms with van der Waals surface area (Å²) in [6, 6.07) is 0. The molecule has 0 atom stereocenters. The fourth-order valence-electron chi connectivity index (χ4n) is 1.61. The summed E-state index contributed by atoms with van der Waals surface area (Å²) in [6.45, 7) is 5.57.